The Morgan fingerprint density at radius 1 is 1.14 bits per heavy atom. The van der Waals surface area contributed by atoms with Gasteiger partial charge in [-0.3, -0.25) is 0 Å². The van der Waals surface area contributed by atoms with E-state index >= 15 is 0 Å². The van der Waals surface area contributed by atoms with Crippen LogP contribution in [0.4, 0.5) is 4.39 Å². The van der Waals surface area contributed by atoms with Crippen LogP contribution in [0.25, 0.3) is 0 Å². The van der Waals surface area contributed by atoms with Gasteiger partial charge in [0.1, 0.15) is 5.75 Å². The molecule has 1 aliphatic rings. The molecule has 0 atom stereocenters. The molecule has 21 heavy (non-hydrogen) atoms. The highest BCUT2D eigenvalue weighted by Crippen LogP contribution is 2.32. The molecule has 1 aliphatic carbocycles. The molecule has 0 saturated heterocycles. The highest BCUT2D eigenvalue weighted by Gasteiger charge is 2.21. The predicted octanol–water partition coefficient (Wildman–Crippen LogP) is 4.49. The van der Waals surface area contributed by atoms with Crippen molar-refractivity contribution in [1.82, 2.24) is 5.32 Å². The lowest BCUT2D eigenvalue weighted by Crippen LogP contribution is -2.16. The van der Waals surface area contributed by atoms with Crippen LogP contribution in [-0.4, -0.2) is 6.04 Å². The summed E-state index contributed by atoms with van der Waals surface area (Å²) in [5, 5.41) is 3.41. The van der Waals surface area contributed by atoms with Gasteiger partial charge in [0.2, 0.25) is 0 Å². The monoisotopic (exact) mass is 285 g/mol. The minimum Gasteiger partial charge on any atom is -0.454 e. The molecule has 3 heteroatoms. The Balaban J connectivity index is 1.87. The van der Waals surface area contributed by atoms with Crippen LogP contribution >= 0.6 is 0 Å². The van der Waals surface area contributed by atoms with Gasteiger partial charge in [0.25, 0.3) is 0 Å². The van der Waals surface area contributed by atoms with Crippen molar-refractivity contribution in [3.8, 4) is 11.5 Å². The van der Waals surface area contributed by atoms with E-state index in [0.717, 1.165) is 16.7 Å². The Labute approximate surface area is 125 Å². The molecule has 1 saturated carbocycles. The van der Waals surface area contributed by atoms with Crippen molar-refractivity contribution in [2.24, 2.45) is 0 Å². The van der Waals surface area contributed by atoms with E-state index in [9.17, 15) is 4.39 Å². The normalized spacial score (nSPS) is 14.2. The van der Waals surface area contributed by atoms with Crippen LogP contribution < -0.4 is 10.1 Å². The number of rotatable bonds is 5. The van der Waals surface area contributed by atoms with Gasteiger partial charge in [-0.2, -0.15) is 0 Å². The largest absolute Gasteiger partial charge is 0.454 e. The zero-order chi connectivity index (χ0) is 14.8. The first-order valence-electron chi connectivity index (χ1n) is 7.40. The summed E-state index contributed by atoms with van der Waals surface area (Å²) in [5.74, 6) is 0.734. The van der Waals surface area contributed by atoms with Gasteiger partial charge in [-0.1, -0.05) is 24.3 Å². The van der Waals surface area contributed by atoms with E-state index in [1.54, 1.807) is 6.07 Å². The van der Waals surface area contributed by atoms with Crippen molar-refractivity contribution in [3.63, 3.8) is 0 Å². The molecule has 2 nitrogen and oxygen atoms in total. The van der Waals surface area contributed by atoms with Crippen LogP contribution in [0.15, 0.2) is 36.4 Å². The molecule has 3 rings (SSSR count). The van der Waals surface area contributed by atoms with Crippen molar-refractivity contribution < 1.29 is 9.13 Å². The molecule has 0 amide bonds. The van der Waals surface area contributed by atoms with Gasteiger partial charge in [-0.05, 0) is 49.9 Å². The average Bonchev–Trinajstić information content (AvgIpc) is 3.28. The number of ether oxygens (including phenoxy) is 1. The third-order valence-electron chi connectivity index (χ3n) is 3.97. The van der Waals surface area contributed by atoms with Crippen molar-refractivity contribution in [2.45, 2.75) is 39.3 Å². The minimum absolute atomic E-state index is 0.314. The number of benzene rings is 2. The maximum Gasteiger partial charge on any atom is 0.167 e. The lowest BCUT2D eigenvalue weighted by molar-refractivity contribution is 0.430. The second-order valence-corrected chi connectivity index (χ2v) is 5.68. The molecule has 0 spiro atoms. The standard InChI is InChI=1S/C18H20FNO/c1-12-5-3-8-17(13(12)2)21-18-14(6-4-7-16(18)19)11-20-15-9-10-15/h3-8,15,20H,9-11H2,1-2H3. The summed E-state index contributed by atoms with van der Waals surface area (Å²) in [6.45, 7) is 4.66. The first-order chi connectivity index (χ1) is 10.1. The van der Waals surface area contributed by atoms with E-state index in [0.29, 0.717) is 24.1 Å². The molecule has 0 aromatic heterocycles. The second-order valence-electron chi connectivity index (χ2n) is 5.68. The second kappa shape index (κ2) is 5.86. The molecule has 0 heterocycles. The van der Waals surface area contributed by atoms with Crippen LogP contribution in [-0.2, 0) is 6.54 Å². The molecule has 2 aromatic carbocycles. The number of nitrogens with one attached hydrogen (secondary N) is 1. The maximum atomic E-state index is 14.2. The summed E-state index contributed by atoms with van der Waals surface area (Å²) in [6, 6.07) is 11.5. The van der Waals surface area contributed by atoms with E-state index in [1.165, 1.54) is 18.9 Å². The summed E-state index contributed by atoms with van der Waals surface area (Å²) in [4.78, 5) is 0. The smallest absolute Gasteiger partial charge is 0.167 e. The summed E-state index contributed by atoms with van der Waals surface area (Å²) < 4.78 is 20.0. The Morgan fingerprint density at radius 3 is 2.67 bits per heavy atom. The SMILES string of the molecule is Cc1cccc(Oc2c(F)cccc2CNC2CC2)c1C. The molecule has 0 radical (unpaired) electrons. The summed E-state index contributed by atoms with van der Waals surface area (Å²) >= 11 is 0. The quantitative estimate of drug-likeness (QED) is 0.874. The van der Waals surface area contributed by atoms with Gasteiger partial charge < -0.3 is 10.1 Å². The predicted molar refractivity (Wildman–Crippen MR) is 82.3 cm³/mol. The van der Waals surface area contributed by atoms with Gasteiger partial charge in [0.05, 0.1) is 0 Å². The van der Waals surface area contributed by atoms with Crippen molar-refractivity contribution in [1.29, 1.82) is 0 Å². The first-order valence-corrected chi connectivity index (χ1v) is 7.40. The molecular formula is C18H20FNO. The fourth-order valence-corrected chi connectivity index (χ4v) is 2.29. The zero-order valence-electron chi connectivity index (χ0n) is 12.4. The van der Waals surface area contributed by atoms with Crippen LogP contribution in [0.1, 0.15) is 29.5 Å². The molecule has 0 unspecified atom stereocenters. The summed E-state index contributed by atoms with van der Waals surface area (Å²) in [5.41, 5.74) is 3.05. The third-order valence-corrected chi connectivity index (χ3v) is 3.97. The van der Waals surface area contributed by atoms with Gasteiger partial charge in [-0.25, -0.2) is 4.39 Å². The van der Waals surface area contributed by atoms with E-state index in [-0.39, 0.29) is 5.82 Å². The third kappa shape index (κ3) is 3.24. The molecule has 1 N–H and O–H groups in total. The Bertz CT molecular complexity index is 650. The van der Waals surface area contributed by atoms with Gasteiger partial charge >= 0.3 is 0 Å². The Morgan fingerprint density at radius 2 is 1.90 bits per heavy atom. The molecule has 0 aliphatic heterocycles. The fourth-order valence-electron chi connectivity index (χ4n) is 2.29. The van der Waals surface area contributed by atoms with Crippen LogP contribution in [0.5, 0.6) is 11.5 Å². The average molecular weight is 285 g/mol. The lowest BCUT2D eigenvalue weighted by Gasteiger charge is -2.15. The number of aryl methyl sites for hydroxylation is 1. The van der Waals surface area contributed by atoms with Crippen molar-refractivity contribution >= 4 is 0 Å². The number of halogens is 1. The van der Waals surface area contributed by atoms with E-state index in [4.69, 9.17) is 4.74 Å². The first kappa shape index (κ1) is 14.1. The van der Waals surface area contributed by atoms with Crippen LogP contribution in [0.2, 0.25) is 0 Å². The van der Waals surface area contributed by atoms with Gasteiger partial charge in [0.15, 0.2) is 11.6 Å². The van der Waals surface area contributed by atoms with E-state index < -0.39 is 0 Å². The van der Waals surface area contributed by atoms with Gasteiger partial charge in [0, 0.05) is 18.2 Å². The molecule has 1 fully saturated rings. The zero-order valence-corrected chi connectivity index (χ0v) is 12.4. The Kier molecular flexibility index (Phi) is 3.93. The molecule has 2 aromatic rings. The van der Waals surface area contributed by atoms with Crippen molar-refractivity contribution in [2.75, 3.05) is 0 Å². The topological polar surface area (TPSA) is 21.3 Å². The van der Waals surface area contributed by atoms with E-state index in [2.05, 4.69) is 5.32 Å². The van der Waals surface area contributed by atoms with Gasteiger partial charge in [-0.15, -0.1) is 0 Å². The number of hydrogen-bond acceptors (Lipinski definition) is 2. The Hall–Kier alpha value is -1.87. The lowest BCUT2D eigenvalue weighted by atomic mass is 10.1. The van der Waals surface area contributed by atoms with E-state index in [1.807, 2.05) is 38.1 Å². The molecule has 0 bridgehead atoms. The summed E-state index contributed by atoms with van der Waals surface area (Å²) in [7, 11) is 0. The molecular weight excluding hydrogens is 265 g/mol. The van der Waals surface area contributed by atoms with Crippen LogP contribution in [0.3, 0.4) is 0 Å². The highest BCUT2D eigenvalue weighted by atomic mass is 19.1. The van der Waals surface area contributed by atoms with Crippen LogP contribution in [0, 0.1) is 19.7 Å². The minimum atomic E-state index is -0.314. The van der Waals surface area contributed by atoms with Crippen molar-refractivity contribution in [3.05, 3.63) is 58.9 Å². The number of hydrogen-bond donors (Lipinski definition) is 1. The number of para-hydroxylation sites is 1. The summed E-state index contributed by atoms with van der Waals surface area (Å²) in [6.07, 6.45) is 2.42. The highest BCUT2D eigenvalue weighted by molar-refractivity contribution is 5.44. The fraction of sp³-hybridized carbons (Fsp3) is 0.333. The molecule has 110 valence electrons. The maximum absolute atomic E-state index is 14.2.